The Morgan fingerprint density at radius 2 is 1.47 bits per heavy atom. The zero-order valence-electron chi connectivity index (χ0n) is 54.2. The van der Waals surface area contributed by atoms with Crippen LogP contribution in [-0.2, 0) is 71.4 Å². The third-order valence-electron chi connectivity index (χ3n) is 17.4. The second kappa shape index (κ2) is 33.0. The number of phenolic OH excluding ortho intramolecular Hbond substituents is 1. The van der Waals surface area contributed by atoms with Crippen LogP contribution >= 0.6 is 31.9 Å². The molecule has 28 nitrogen and oxygen atoms in total. The number of aromatic nitrogens is 2. The molecule has 1 aliphatic carbocycles. The average molecular weight is 1450 g/mol. The molecule has 4 aliphatic rings. The first-order chi connectivity index (χ1) is 45.4. The highest BCUT2D eigenvalue weighted by Gasteiger charge is 2.57. The number of hydrogen-bond donors (Lipinski definition) is 10. The minimum atomic E-state index is -1.19. The van der Waals surface area contributed by atoms with E-state index in [4.69, 9.17) is 29.4 Å². The Kier molecular flexibility index (Phi) is 25.3. The van der Waals surface area contributed by atoms with Gasteiger partial charge >= 0.3 is 12.1 Å². The number of amides is 8. The SMILES string of the molecule is COC1=C(C)C(=O)C2=C(C1=O)[C@H](CNC(=O)[C@H](C)NC(=O)OCc1ccc(NC(=O)[C@H](CCCNC(N)=O)NC(=O)[C@@H](NC(=O)CCOCCOCCNC(=O)c3ccc4nc(CBr)c(CBr)nc4c3)C(C)C)cc1)N1[C@@H](O)[C@@H]3Cc4c(cc(O)c(OC)c4C)[C@@H]([C@@H]1C2)N3C. The smallest absolute Gasteiger partial charge is 0.408 e. The number of halogens is 2. The molecule has 30 heteroatoms. The van der Waals surface area contributed by atoms with E-state index in [9.17, 15) is 53.4 Å². The number of urea groups is 1. The number of alkyl halides is 2. The van der Waals surface area contributed by atoms with E-state index in [1.54, 1.807) is 67.3 Å². The molecule has 4 aromatic rings. The second-order valence-electron chi connectivity index (χ2n) is 23.8. The van der Waals surface area contributed by atoms with Crippen molar-refractivity contribution in [2.45, 2.75) is 133 Å². The molecule has 0 radical (unpaired) electrons. The van der Waals surface area contributed by atoms with E-state index < -0.39 is 102 Å². The number of fused-ring (bicyclic) bond motifs is 7. The van der Waals surface area contributed by atoms with Crippen LogP contribution in [0.3, 0.4) is 0 Å². The molecular weight excluding hydrogens is 1360 g/mol. The maximum absolute atomic E-state index is 14.3. The van der Waals surface area contributed by atoms with E-state index in [1.165, 1.54) is 28.1 Å². The van der Waals surface area contributed by atoms with Gasteiger partial charge in [0, 0.05) is 70.7 Å². The van der Waals surface area contributed by atoms with Gasteiger partial charge in [-0.1, -0.05) is 57.8 Å². The predicted octanol–water partition coefficient (Wildman–Crippen LogP) is 3.78. The molecule has 1 saturated heterocycles. The van der Waals surface area contributed by atoms with Crippen molar-refractivity contribution in [2.75, 3.05) is 72.6 Å². The van der Waals surface area contributed by atoms with E-state index in [2.05, 4.69) is 79.0 Å². The maximum Gasteiger partial charge on any atom is 0.408 e. The van der Waals surface area contributed by atoms with Crippen LogP contribution in [-0.4, -0.2) is 193 Å². The van der Waals surface area contributed by atoms with Gasteiger partial charge in [0.2, 0.25) is 29.4 Å². The number of anilines is 1. The van der Waals surface area contributed by atoms with E-state index in [0.29, 0.717) is 50.7 Å². The van der Waals surface area contributed by atoms with Gasteiger partial charge in [0.15, 0.2) is 23.0 Å². The molecule has 3 aromatic carbocycles. The third kappa shape index (κ3) is 17.1. The number of piperazine rings is 1. The molecule has 8 atom stereocenters. The number of alkyl carbamates (subject to hydrolysis) is 1. The fourth-order valence-electron chi connectivity index (χ4n) is 12.5. The number of carbonyl (C=O) groups is 9. The minimum absolute atomic E-state index is 0.0221. The van der Waals surface area contributed by atoms with E-state index in [-0.39, 0.29) is 112 Å². The summed E-state index contributed by atoms with van der Waals surface area (Å²) in [6, 6.07) is 6.32. The summed E-state index contributed by atoms with van der Waals surface area (Å²) in [5.74, 6) is -3.87. The number of methoxy groups -OCH3 is 2. The number of ether oxygens (including phenoxy) is 5. The number of aromatic hydroxyl groups is 1. The Balaban J connectivity index is 0.790. The molecule has 512 valence electrons. The van der Waals surface area contributed by atoms with Crippen LogP contribution in [0.4, 0.5) is 15.3 Å². The van der Waals surface area contributed by atoms with Gasteiger partial charge in [-0.15, -0.1) is 0 Å². The summed E-state index contributed by atoms with van der Waals surface area (Å²) >= 11 is 6.86. The highest BCUT2D eigenvalue weighted by atomic mass is 79.9. The van der Waals surface area contributed by atoms with E-state index in [0.717, 1.165) is 28.1 Å². The molecular formula is C65H82Br2N12O16. The Morgan fingerprint density at radius 1 is 0.779 bits per heavy atom. The number of aliphatic hydroxyl groups is 1. The van der Waals surface area contributed by atoms with Crippen molar-refractivity contribution in [1.29, 1.82) is 0 Å². The first kappa shape index (κ1) is 72.7. The zero-order chi connectivity index (χ0) is 68.9. The number of primary amides is 1. The lowest BCUT2D eigenvalue weighted by Gasteiger charge is -2.60. The summed E-state index contributed by atoms with van der Waals surface area (Å²) in [7, 11) is 4.64. The average Bonchev–Trinajstić information content (AvgIpc) is 0.704. The van der Waals surface area contributed by atoms with Crippen LogP contribution in [0.2, 0.25) is 0 Å². The lowest BCUT2D eigenvalue weighted by Crippen LogP contribution is -2.71. The number of hydrogen-bond acceptors (Lipinski definition) is 20. The highest BCUT2D eigenvalue weighted by molar-refractivity contribution is 9.09. The molecule has 11 N–H and O–H groups in total. The van der Waals surface area contributed by atoms with Crippen LogP contribution in [0.5, 0.6) is 11.5 Å². The van der Waals surface area contributed by atoms with Crippen LogP contribution in [0.25, 0.3) is 11.0 Å². The zero-order valence-corrected chi connectivity index (χ0v) is 57.3. The van der Waals surface area contributed by atoms with Crippen LogP contribution < -0.4 is 47.7 Å². The second-order valence-corrected chi connectivity index (χ2v) is 25.0. The number of aliphatic hydroxyl groups excluding tert-OH is 1. The normalized spacial score (nSPS) is 19.3. The van der Waals surface area contributed by atoms with E-state index >= 15 is 0 Å². The van der Waals surface area contributed by atoms with Gasteiger partial charge in [-0.2, -0.15) is 0 Å². The summed E-state index contributed by atoms with van der Waals surface area (Å²) in [5, 5.41) is 43.3. The number of nitrogens with one attached hydrogen (secondary N) is 7. The molecule has 95 heavy (non-hydrogen) atoms. The van der Waals surface area contributed by atoms with Crippen LogP contribution in [0, 0.1) is 12.8 Å². The van der Waals surface area contributed by atoms with Crippen molar-refractivity contribution in [1.82, 2.24) is 51.7 Å². The van der Waals surface area contributed by atoms with Crippen molar-refractivity contribution in [3.8, 4) is 11.5 Å². The molecule has 1 fully saturated rings. The Labute approximate surface area is 566 Å². The van der Waals surface area contributed by atoms with Gasteiger partial charge in [0.25, 0.3) is 5.91 Å². The van der Waals surface area contributed by atoms with Gasteiger partial charge in [0.05, 0.1) is 81.2 Å². The summed E-state index contributed by atoms with van der Waals surface area (Å²) in [6.07, 6.45) is -1.47. The molecule has 0 saturated carbocycles. The van der Waals surface area contributed by atoms with Gasteiger partial charge < -0.3 is 76.8 Å². The van der Waals surface area contributed by atoms with Crippen molar-refractivity contribution in [2.24, 2.45) is 11.7 Å². The summed E-state index contributed by atoms with van der Waals surface area (Å²) in [5.41, 5.74) is 12.2. The fraction of sp³-hybridized carbons (Fsp3) is 0.492. The quantitative estimate of drug-likeness (QED) is 0.0202. The number of nitrogens with zero attached hydrogens (tertiary/aromatic N) is 4. The summed E-state index contributed by atoms with van der Waals surface area (Å²) < 4.78 is 27.6. The Hall–Kier alpha value is -8.13. The van der Waals surface area contributed by atoms with Crippen LogP contribution in [0.1, 0.15) is 103 Å². The molecule has 3 aliphatic heterocycles. The number of carbonyl (C=O) groups excluding carboxylic acids is 9. The number of phenols is 1. The monoisotopic (exact) mass is 1440 g/mol. The van der Waals surface area contributed by atoms with Crippen LogP contribution in [0.15, 0.2) is 71.0 Å². The highest BCUT2D eigenvalue weighted by Crippen LogP contribution is 2.52. The van der Waals surface area contributed by atoms with Gasteiger partial charge in [0.1, 0.15) is 31.0 Å². The molecule has 8 amide bonds. The molecule has 4 heterocycles. The standard InChI is InChI=1S/C65H82Br2N12O16/c1-32(2)53(77-51(81)17-20-93-22-23-94-21-19-69-60(85)37-13-16-42-44(24-37)75-46(29-67)45(28-66)74-42)62(87)76-43(10-9-18-70-64(68)89)61(86)73-38-14-11-36(12-15-38)31-95-65(90)72-35(5)59(84)71-30-49-52-41(55(82)34(4)58(92-8)56(52)83)26-47-54-40-27-50(80)57(91-7)33(3)39(40)25-48(78(54)6)63(88)79(47)49/h11-16,24,27,32,35,43,47-49,53-54,63,80,88H,9-10,17-23,25-26,28-31H2,1-8H3,(H,69,85)(H,71,84)(H,72,90)(H,73,86)(H,76,87)(H,77,81)(H3,68,70,89)/t35-,43-,47-,48-,49-,53-,54-,63-/m0/s1. The number of rotatable bonds is 30. The molecule has 8 rings (SSSR count). The van der Waals surface area contributed by atoms with E-state index in [1.807, 2.05) is 18.9 Å². The molecule has 2 bridgehead atoms. The van der Waals surface area contributed by atoms with Gasteiger partial charge in [-0.05, 0) is 118 Å². The van der Waals surface area contributed by atoms with Gasteiger partial charge in [-0.3, -0.25) is 43.4 Å². The lowest BCUT2D eigenvalue weighted by molar-refractivity contribution is -0.167. The molecule has 1 aromatic heterocycles. The maximum atomic E-state index is 14.3. The number of benzene rings is 3. The predicted molar refractivity (Wildman–Crippen MR) is 354 cm³/mol. The number of allylic oxidation sites excluding steroid dienone is 2. The minimum Gasteiger partial charge on any atom is -0.504 e. The third-order valence-corrected chi connectivity index (χ3v) is 18.4. The lowest BCUT2D eigenvalue weighted by atomic mass is 9.70. The Bertz CT molecular complexity index is 3650. The summed E-state index contributed by atoms with van der Waals surface area (Å²) in [4.78, 5) is 133. The first-order valence-electron chi connectivity index (χ1n) is 31.1. The topological polar surface area (TPSA) is 383 Å². The number of nitrogens with two attached hydrogens (primary N) is 1. The number of Topliss-reactive ketones (excluding diaryl/α,β-unsaturated/α-hetero) is 2. The molecule has 0 unspecified atom stereocenters. The van der Waals surface area contributed by atoms with Crippen molar-refractivity contribution >= 4 is 102 Å². The summed E-state index contributed by atoms with van der Waals surface area (Å²) in [6.45, 7) is 8.69. The van der Waals surface area contributed by atoms with Crippen molar-refractivity contribution in [3.05, 3.63) is 110 Å². The van der Waals surface area contributed by atoms with Crippen molar-refractivity contribution in [3.63, 3.8) is 0 Å². The number of likely N-dealkylation sites (N-methyl/N-ethyl adjacent to an activating group) is 1. The molecule has 0 spiro atoms. The van der Waals surface area contributed by atoms with Crippen molar-refractivity contribution < 1.29 is 77.0 Å². The fourth-order valence-corrected chi connectivity index (χ4v) is 13.4. The number of ketones is 2. The largest absolute Gasteiger partial charge is 0.504 e. The Morgan fingerprint density at radius 3 is 2.14 bits per heavy atom. The first-order valence-corrected chi connectivity index (χ1v) is 33.4. The van der Waals surface area contributed by atoms with Gasteiger partial charge in [-0.25, -0.2) is 19.6 Å².